The lowest BCUT2D eigenvalue weighted by Gasteiger charge is -2.33. The zero-order valence-electron chi connectivity index (χ0n) is 15.8. The third-order valence-electron chi connectivity index (χ3n) is 4.98. The molecule has 9 heteroatoms. The smallest absolute Gasteiger partial charge is 0.233 e. The van der Waals surface area contributed by atoms with Crippen molar-refractivity contribution in [2.45, 2.75) is 57.1 Å². The topological polar surface area (TPSA) is 80.2 Å². The normalized spacial score (nSPS) is 20.0. The van der Waals surface area contributed by atoms with E-state index < -0.39 is 9.84 Å². The molecule has 1 amide bonds. The van der Waals surface area contributed by atoms with Gasteiger partial charge in [-0.2, -0.15) is 0 Å². The molecule has 6 nitrogen and oxygen atoms in total. The number of amides is 1. The molecule has 0 aromatic carbocycles. The SMILES string of the molecule is CCc1cc2c(SCC(=O)N(C(C)CC)C3CCS(=O)(=O)C3)ncnc2s1. The van der Waals surface area contributed by atoms with E-state index in [-0.39, 0.29) is 35.2 Å². The maximum Gasteiger partial charge on any atom is 0.233 e. The number of sulfone groups is 1. The van der Waals surface area contributed by atoms with Gasteiger partial charge in [-0.05, 0) is 32.3 Å². The summed E-state index contributed by atoms with van der Waals surface area (Å²) < 4.78 is 23.8. The van der Waals surface area contributed by atoms with Gasteiger partial charge in [-0.3, -0.25) is 4.79 Å². The van der Waals surface area contributed by atoms with Crippen molar-refractivity contribution in [3.63, 3.8) is 0 Å². The summed E-state index contributed by atoms with van der Waals surface area (Å²) in [7, 11) is -3.03. The summed E-state index contributed by atoms with van der Waals surface area (Å²) in [5.74, 6) is 0.487. The van der Waals surface area contributed by atoms with Gasteiger partial charge in [-0.15, -0.1) is 11.3 Å². The summed E-state index contributed by atoms with van der Waals surface area (Å²) in [4.78, 5) is 25.7. The standard InChI is InChI=1S/C18H25N3O3S3/c1-4-12(3)21(13-6-7-27(23,24)10-13)16(22)9-25-17-15-8-14(5-2)26-18(15)20-11-19-17/h8,11-13H,4-7,9-10H2,1-3H3. The molecule has 1 aliphatic heterocycles. The molecule has 1 fully saturated rings. The Morgan fingerprint density at radius 2 is 2.19 bits per heavy atom. The maximum absolute atomic E-state index is 13.0. The highest BCUT2D eigenvalue weighted by atomic mass is 32.2. The van der Waals surface area contributed by atoms with Gasteiger partial charge in [-0.1, -0.05) is 25.6 Å². The molecule has 2 unspecified atom stereocenters. The van der Waals surface area contributed by atoms with E-state index >= 15 is 0 Å². The molecule has 0 saturated carbocycles. The zero-order valence-corrected chi connectivity index (χ0v) is 18.3. The molecule has 148 valence electrons. The molecule has 2 aromatic heterocycles. The van der Waals surface area contributed by atoms with Gasteiger partial charge in [0.1, 0.15) is 16.2 Å². The van der Waals surface area contributed by atoms with Crippen LogP contribution in [0.3, 0.4) is 0 Å². The lowest BCUT2D eigenvalue weighted by Crippen LogP contribution is -2.47. The third kappa shape index (κ3) is 4.63. The van der Waals surface area contributed by atoms with Gasteiger partial charge in [0.05, 0.1) is 17.3 Å². The van der Waals surface area contributed by atoms with Crippen LogP contribution in [-0.4, -0.2) is 58.5 Å². The highest BCUT2D eigenvalue weighted by molar-refractivity contribution is 8.00. The summed E-state index contributed by atoms with van der Waals surface area (Å²) >= 11 is 3.07. The lowest BCUT2D eigenvalue weighted by molar-refractivity contribution is -0.132. The van der Waals surface area contributed by atoms with Gasteiger partial charge in [-0.25, -0.2) is 18.4 Å². The number of aromatic nitrogens is 2. The molecule has 3 heterocycles. The number of thiophene rings is 1. The van der Waals surface area contributed by atoms with Crippen molar-refractivity contribution >= 4 is 49.1 Å². The predicted octanol–water partition coefficient (Wildman–Crippen LogP) is 3.16. The number of aryl methyl sites for hydroxylation is 1. The highest BCUT2D eigenvalue weighted by Crippen LogP contribution is 2.31. The zero-order chi connectivity index (χ0) is 19.6. The Morgan fingerprint density at radius 1 is 1.41 bits per heavy atom. The van der Waals surface area contributed by atoms with Crippen LogP contribution >= 0.6 is 23.1 Å². The number of hydrogen-bond donors (Lipinski definition) is 0. The Morgan fingerprint density at radius 3 is 2.81 bits per heavy atom. The molecule has 0 spiro atoms. The van der Waals surface area contributed by atoms with Gasteiger partial charge < -0.3 is 4.90 Å². The molecule has 0 aliphatic carbocycles. The van der Waals surface area contributed by atoms with E-state index in [0.717, 1.165) is 28.1 Å². The van der Waals surface area contributed by atoms with Crippen molar-refractivity contribution in [2.24, 2.45) is 0 Å². The minimum Gasteiger partial charge on any atom is -0.335 e. The van der Waals surface area contributed by atoms with Crippen LogP contribution in [0.2, 0.25) is 0 Å². The fourth-order valence-electron chi connectivity index (χ4n) is 3.38. The van der Waals surface area contributed by atoms with Gasteiger partial charge in [0.25, 0.3) is 0 Å². The predicted molar refractivity (Wildman–Crippen MR) is 111 cm³/mol. The Hall–Kier alpha value is -1.19. The van der Waals surface area contributed by atoms with Crippen molar-refractivity contribution in [3.05, 3.63) is 17.3 Å². The van der Waals surface area contributed by atoms with E-state index in [4.69, 9.17) is 0 Å². The second-order valence-electron chi connectivity index (χ2n) is 6.87. The second kappa shape index (κ2) is 8.45. The number of nitrogens with zero attached hydrogens (tertiary/aromatic N) is 3. The summed E-state index contributed by atoms with van der Waals surface area (Å²) in [6.07, 6.45) is 3.82. The van der Waals surface area contributed by atoms with E-state index in [1.807, 2.05) is 13.8 Å². The van der Waals surface area contributed by atoms with Crippen molar-refractivity contribution in [3.8, 4) is 0 Å². The molecule has 0 radical (unpaired) electrons. The number of carbonyl (C=O) groups is 1. The molecule has 0 N–H and O–H groups in total. The minimum atomic E-state index is -3.03. The first-order chi connectivity index (χ1) is 12.8. The first-order valence-corrected chi connectivity index (χ1v) is 12.8. The average Bonchev–Trinajstić information content (AvgIpc) is 3.22. The van der Waals surface area contributed by atoms with E-state index in [1.165, 1.54) is 16.6 Å². The summed E-state index contributed by atoms with van der Waals surface area (Å²) in [5.41, 5.74) is 0. The summed E-state index contributed by atoms with van der Waals surface area (Å²) in [6.45, 7) is 6.12. The van der Waals surface area contributed by atoms with Gasteiger partial charge >= 0.3 is 0 Å². The van der Waals surface area contributed by atoms with Crippen LogP contribution in [-0.2, 0) is 21.1 Å². The van der Waals surface area contributed by atoms with E-state index in [0.29, 0.717) is 6.42 Å². The Bertz CT molecular complexity index is 926. The van der Waals surface area contributed by atoms with Gasteiger partial charge in [0.2, 0.25) is 5.91 Å². The van der Waals surface area contributed by atoms with Crippen molar-refractivity contribution in [1.29, 1.82) is 0 Å². The van der Waals surface area contributed by atoms with Crippen LogP contribution in [0.5, 0.6) is 0 Å². The minimum absolute atomic E-state index is 0.0193. The monoisotopic (exact) mass is 427 g/mol. The molecular weight excluding hydrogens is 402 g/mol. The maximum atomic E-state index is 13.0. The summed E-state index contributed by atoms with van der Waals surface area (Å²) in [5, 5.41) is 1.81. The number of rotatable bonds is 7. The fraction of sp³-hybridized carbons (Fsp3) is 0.611. The van der Waals surface area contributed by atoms with Crippen LogP contribution in [0.4, 0.5) is 0 Å². The van der Waals surface area contributed by atoms with Crippen LogP contribution in [0.1, 0.15) is 38.5 Å². The molecule has 3 rings (SSSR count). The van der Waals surface area contributed by atoms with Crippen LogP contribution in [0, 0.1) is 0 Å². The van der Waals surface area contributed by atoms with Crippen LogP contribution in [0.15, 0.2) is 17.4 Å². The van der Waals surface area contributed by atoms with E-state index in [1.54, 1.807) is 22.6 Å². The molecule has 2 atom stereocenters. The molecule has 2 aromatic rings. The Labute approximate surface area is 168 Å². The third-order valence-corrected chi connectivity index (χ3v) is 8.91. The van der Waals surface area contributed by atoms with Crippen LogP contribution in [0.25, 0.3) is 10.2 Å². The quantitative estimate of drug-likeness (QED) is 0.499. The number of hydrogen-bond acceptors (Lipinski definition) is 7. The first-order valence-electron chi connectivity index (χ1n) is 9.22. The molecular formula is C18H25N3O3S3. The van der Waals surface area contributed by atoms with E-state index in [2.05, 4.69) is 23.0 Å². The summed E-state index contributed by atoms with van der Waals surface area (Å²) in [6, 6.07) is 1.91. The Kier molecular flexibility index (Phi) is 6.43. The number of fused-ring (bicyclic) bond motifs is 1. The van der Waals surface area contributed by atoms with Gasteiger partial charge in [0, 0.05) is 22.3 Å². The Balaban J connectivity index is 1.75. The fourth-order valence-corrected chi connectivity index (χ4v) is 6.93. The van der Waals surface area contributed by atoms with Crippen molar-refractivity contribution < 1.29 is 13.2 Å². The van der Waals surface area contributed by atoms with E-state index in [9.17, 15) is 13.2 Å². The first kappa shape index (κ1) is 20.5. The number of carbonyl (C=O) groups excluding carboxylic acids is 1. The molecule has 27 heavy (non-hydrogen) atoms. The highest BCUT2D eigenvalue weighted by Gasteiger charge is 2.36. The van der Waals surface area contributed by atoms with Crippen molar-refractivity contribution in [1.82, 2.24) is 14.9 Å². The lowest BCUT2D eigenvalue weighted by atomic mass is 10.1. The van der Waals surface area contributed by atoms with Crippen LogP contribution < -0.4 is 0 Å². The second-order valence-corrected chi connectivity index (χ2v) is 11.2. The number of thioether (sulfide) groups is 1. The molecule has 1 aliphatic rings. The van der Waals surface area contributed by atoms with Crippen molar-refractivity contribution in [2.75, 3.05) is 17.3 Å². The largest absolute Gasteiger partial charge is 0.335 e. The average molecular weight is 428 g/mol. The molecule has 1 saturated heterocycles. The van der Waals surface area contributed by atoms with Gasteiger partial charge in [0.15, 0.2) is 9.84 Å². The molecule has 0 bridgehead atoms.